The molecule has 1 heterocycles. The summed E-state index contributed by atoms with van der Waals surface area (Å²) in [4.78, 5) is 14.4. The Morgan fingerprint density at radius 1 is 1.26 bits per heavy atom. The first kappa shape index (κ1) is 23.1. The van der Waals surface area contributed by atoms with Crippen molar-refractivity contribution in [2.45, 2.75) is 18.9 Å². The quantitative estimate of drug-likeness (QED) is 0.625. The van der Waals surface area contributed by atoms with E-state index in [0.717, 1.165) is 16.5 Å². The molecule has 2 N–H and O–H groups in total. The molecular weight excluding hydrogens is 438 g/mol. The number of nitrogens with zero attached hydrogens (tertiary/aromatic N) is 1. The molecule has 0 aliphatic carbocycles. The predicted octanol–water partition coefficient (Wildman–Crippen LogP) is 3.48. The van der Waals surface area contributed by atoms with Crippen LogP contribution in [0.4, 0.5) is 5.69 Å². The van der Waals surface area contributed by atoms with E-state index in [4.69, 9.17) is 16.3 Å². The fourth-order valence-corrected chi connectivity index (χ4v) is 4.57. The molecule has 166 valence electrons. The smallest absolute Gasteiger partial charge is 0.241 e. The normalized spacial score (nSPS) is 14.8. The highest BCUT2D eigenvalue weighted by Crippen LogP contribution is 2.37. The molecule has 0 spiro atoms. The lowest BCUT2D eigenvalue weighted by atomic mass is 10.0. The number of likely N-dealkylation sites (tertiary alicyclic amines) is 1. The second-order valence-electron chi connectivity index (χ2n) is 7.24. The minimum Gasteiger partial charge on any atom is -0.495 e. The van der Waals surface area contributed by atoms with Gasteiger partial charge in [0, 0.05) is 36.2 Å². The summed E-state index contributed by atoms with van der Waals surface area (Å²) in [5.41, 5.74) is 2.48. The van der Waals surface area contributed by atoms with Gasteiger partial charge in [0.05, 0.1) is 24.4 Å². The number of piperidine rings is 1. The number of nitrogens with one attached hydrogen (secondary N) is 2. The molecule has 0 unspecified atom stereocenters. The summed E-state index contributed by atoms with van der Waals surface area (Å²) in [6, 6.07) is 13.2. The number of carbonyl (C=O) groups excluding carboxylic acids is 1. The van der Waals surface area contributed by atoms with Crippen LogP contribution in [0.3, 0.4) is 0 Å². The standard InChI is InChI=1S/C22H26ClN3O4S/c1-3-31(28,29)25-17-9-11-26(12-10-17)22(27)15-24-20-13-18(16-7-5-4-6-8-16)19(23)14-21(20)30-2/h3-8,13-14,17,24-25H,1,9-12,15H2,2H3. The van der Waals surface area contributed by atoms with Crippen molar-refractivity contribution in [3.63, 3.8) is 0 Å². The van der Waals surface area contributed by atoms with Gasteiger partial charge in [0.1, 0.15) is 5.75 Å². The summed E-state index contributed by atoms with van der Waals surface area (Å²) in [5.74, 6) is 0.485. The molecule has 0 saturated carbocycles. The maximum atomic E-state index is 12.7. The molecule has 3 rings (SSSR count). The lowest BCUT2D eigenvalue weighted by Gasteiger charge is -2.32. The maximum Gasteiger partial charge on any atom is 0.241 e. The van der Waals surface area contributed by atoms with Crippen LogP contribution in [0.5, 0.6) is 5.75 Å². The van der Waals surface area contributed by atoms with Gasteiger partial charge in [-0.15, -0.1) is 0 Å². The third-order valence-electron chi connectivity index (χ3n) is 5.20. The molecule has 31 heavy (non-hydrogen) atoms. The topological polar surface area (TPSA) is 87.7 Å². The monoisotopic (exact) mass is 463 g/mol. The van der Waals surface area contributed by atoms with E-state index in [9.17, 15) is 13.2 Å². The fraction of sp³-hybridized carbons (Fsp3) is 0.318. The van der Waals surface area contributed by atoms with Gasteiger partial charge in [-0.25, -0.2) is 13.1 Å². The van der Waals surface area contributed by atoms with Crippen molar-refractivity contribution in [1.82, 2.24) is 9.62 Å². The van der Waals surface area contributed by atoms with Gasteiger partial charge >= 0.3 is 0 Å². The number of anilines is 1. The highest BCUT2D eigenvalue weighted by molar-refractivity contribution is 7.92. The van der Waals surface area contributed by atoms with E-state index in [2.05, 4.69) is 16.6 Å². The van der Waals surface area contributed by atoms with E-state index in [-0.39, 0.29) is 18.5 Å². The molecule has 1 amide bonds. The van der Waals surface area contributed by atoms with E-state index in [1.807, 2.05) is 36.4 Å². The van der Waals surface area contributed by atoms with Gasteiger partial charge in [-0.05, 0) is 24.5 Å². The first-order valence-electron chi connectivity index (χ1n) is 9.92. The summed E-state index contributed by atoms with van der Waals surface area (Å²) < 4.78 is 31.2. The second kappa shape index (κ2) is 10.2. The summed E-state index contributed by atoms with van der Waals surface area (Å²) in [7, 11) is -1.92. The molecule has 1 aliphatic rings. The molecule has 9 heteroatoms. The Kier molecular flexibility index (Phi) is 7.59. The molecule has 1 fully saturated rings. The zero-order valence-corrected chi connectivity index (χ0v) is 18.9. The third-order valence-corrected chi connectivity index (χ3v) is 6.62. The first-order valence-corrected chi connectivity index (χ1v) is 11.8. The Morgan fingerprint density at radius 3 is 2.55 bits per heavy atom. The minimum absolute atomic E-state index is 0.0664. The van der Waals surface area contributed by atoms with Crippen LogP contribution in [0.2, 0.25) is 5.02 Å². The molecule has 0 radical (unpaired) electrons. The zero-order valence-electron chi connectivity index (χ0n) is 17.3. The average molecular weight is 464 g/mol. The van der Waals surface area contributed by atoms with Crippen LogP contribution in [0, 0.1) is 0 Å². The fourth-order valence-electron chi connectivity index (χ4n) is 3.51. The van der Waals surface area contributed by atoms with E-state index in [0.29, 0.717) is 42.4 Å². The summed E-state index contributed by atoms with van der Waals surface area (Å²) >= 11 is 6.43. The van der Waals surface area contributed by atoms with Gasteiger partial charge < -0.3 is 15.0 Å². The minimum atomic E-state index is -3.47. The number of amides is 1. The number of ether oxygens (including phenoxy) is 1. The largest absolute Gasteiger partial charge is 0.495 e. The van der Waals surface area contributed by atoms with Gasteiger partial charge in [-0.3, -0.25) is 4.79 Å². The highest BCUT2D eigenvalue weighted by Gasteiger charge is 2.25. The van der Waals surface area contributed by atoms with Gasteiger partial charge in [-0.2, -0.15) is 0 Å². The van der Waals surface area contributed by atoms with Gasteiger partial charge in [0.15, 0.2) is 0 Å². The van der Waals surface area contributed by atoms with Crippen molar-refractivity contribution < 1.29 is 17.9 Å². The van der Waals surface area contributed by atoms with E-state index in [1.165, 1.54) is 0 Å². The van der Waals surface area contributed by atoms with Crippen molar-refractivity contribution in [3.8, 4) is 16.9 Å². The Morgan fingerprint density at radius 2 is 1.94 bits per heavy atom. The average Bonchev–Trinajstić information content (AvgIpc) is 2.78. The molecular formula is C22H26ClN3O4S. The Hall–Kier alpha value is -2.55. The van der Waals surface area contributed by atoms with Crippen LogP contribution in [0.15, 0.2) is 54.5 Å². The summed E-state index contributed by atoms with van der Waals surface area (Å²) in [5, 5.41) is 4.62. The summed E-state index contributed by atoms with van der Waals surface area (Å²) in [6.07, 6.45) is 1.11. The van der Waals surface area contributed by atoms with Gasteiger partial charge in [0.25, 0.3) is 0 Å². The first-order chi connectivity index (χ1) is 14.8. The number of halogens is 1. The maximum absolute atomic E-state index is 12.7. The highest BCUT2D eigenvalue weighted by atomic mass is 35.5. The predicted molar refractivity (Wildman–Crippen MR) is 124 cm³/mol. The van der Waals surface area contributed by atoms with Crippen LogP contribution in [-0.4, -0.2) is 52.0 Å². The molecule has 1 aliphatic heterocycles. The number of carbonyl (C=O) groups is 1. The van der Waals surface area contributed by atoms with Crippen molar-refractivity contribution in [2.24, 2.45) is 0 Å². The van der Waals surface area contributed by atoms with Crippen LogP contribution in [0.1, 0.15) is 12.8 Å². The van der Waals surface area contributed by atoms with Crippen molar-refractivity contribution in [1.29, 1.82) is 0 Å². The molecule has 2 aromatic rings. The summed E-state index contributed by atoms with van der Waals surface area (Å²) in [6.45, 7) is 4.36. The second-order valence-corrected chi connectivity index (χ2v) is 9.30. The van der Waals surface area contributed by atoms with Crippen molar-refractivity contribution >= 4 is 33.2 Å². The SMILES string of the molecule is C=CS(=O)(=O)NC1CCN(C(=O)CNc2cc(-c3ccccc3)c(Cl)cc2OC)CC1. The molecule has 0 bridgehead atoms. The van der Waals surface area contributed by atoms with Crippen molar-refractivity contribution in [2.75, 3.05) is 32.1 Å². The third kappa shape index (κ3) is 6.00. The molecule has 0 aromatic heterocycles. The number of benzene rings is 2. The number of hydrogen-bond donors (Lipinski definition) is 2. The van der Waals surface area contributed by atoms with Crippen LogP contribution >= 0.6 is 11.6 Å². The molecule has 0 atom stereocenters. The zero-order chi connectivity index (χ0) is 22.4. The van der Waals surface area contributed by atoms with Crippen LogP contribution < -0.4 is 14.8 Å². The molecule has 7 nitrogen and oxygen atoms in total. The van der Waals surface area contributed by atoms with Crippen molar-refractivity contribution in [3.05, 3.63) is 59.5 Å². The van der Waals surface area contributed by atoms with Crippen LogP contribution in [-0.2, 0) is 14.8 Å². The number of methoxy groups -OCH3 is 1. The number of hydrogen-bond acceptors (Lipinski definition) is 5. The molecule has 2 aromatic carbocycles. The van der Waals surface area contributed by atoms with E-state index < -0.39 is 10.0 Å². The Balaban J connectivity index is 1.63. The number of sulfonamides is 1. The van der Waals surface area contributed by atoms with Gasteiger partial charge in [0.2, 0.25) is 15.9 Å². The Bertz CT molecular complexity index is 1040. The van der Waals surface area contributed by atoms with E-state index in [1.54, 1.807) is 18.1 Å². The Labute approximate surface area is 188 Å². The lowest BCUT2D eigenvalue weighted by molar-refractivity contribution is -0.130. The number of rotatable bonds is 8. The van der Waals surface area contributed by atoms with Gasteiger partial charge in [-0.1, -0.05) is 48.5 Å². The van der Waals surface area contributed by atoms with Crippen LogP contribution in [0.25, 0.3) is 11.1 Å². The lowest BCUT2D eigenvalue weighted by Crippen LogP contribution is -2.47. The van der Waals surface area contributed by atoms with E-state index >= 15 is 0 Å². The molecule has 1 saturated heterocycles.